The molecule has 0 spiro atoms. The Balaban J connectivity index is 3.13. The highest BCUT2D eigenvalue weighted by Crippen LogP contribution is 2.26. The van der Waals surface area contributed by atoms with Gasteiger partial charge >= 0.3 is 6.18 Å². The number of nitrogens with zero attached hydrogens (tertiary/aromatic N) is 2. The Labute approximate surface area is 77.1 Å². The number of aromatic nitrogens is 2. The summed E-state index contributed by atoms with van der Waals surface area (Å²) in [4.78, 5) is 11.0. The molecule has 0 atom stereocenters. The van der Waals surface area contributed by atoms with Crippen LogP contribution in [-0.4, -0.2) is 16.3 Å². The fourth-order valence-corrected chi connectivity index (χ4v) is 0.883. The van der Waals surface area contributed by atoms with Crippen molar-refractivity contribution in [2.75, 3.05) is 6.54 Å². The molecule has 2 N–H and O–H groups in total. The Hall–Kier alpha value is -1.37. The van der Waals surface area contributed by atoms with E-state index in [1.54, 1.807) is 0 Å². The zero-order valence-corrected chi connectivity index (χ0v) is 7.08. The van der Waals surface area contributed by atoms with Gasteiger partial charge < -0.3 is 5.73 Å². The quantitative estimate of drug-likeness (QED) is 0.754. The Kier molecular flexibility index (Phi) is 2.90. The van der Waals surface area contributed by atoms with Crippen LogP contribution in [0.1, 0.15) is 5.69 Å². The predicted molar refractivity (Wildman–Crippen MR) is 42.6 cm³/mol. The molecule has 1 aromatic rings. The van der Waals surface area contributed by atoms with Crippen molar-refractivity contribution in [3.63, 3.8) is 0 Å². The smallest absolute Gasteiger partial charge is 0.329 e. The van der Waals surface area contributed by atoms with Gasteiger partial charge in [0, 0.05) is 12.6 Å². The van der Waals surface area contributed by atoms with E-state index in [1.165, 1.54) is 0 Å². The second kappa shape index (κ2) is 3.79. The minimum Gasteiger partial charge on any atom is -0.329 e. The number of hydrogen-bond donors (Lipinski definition) is 1. The van der Waals surface area contributed by atoms with Gasteiger partial charge in [0.05, 0.1) is 6.54 Å². The van der Waals surface area contributed by atoms with Gasteiger partial charge in [0.15, 0.2) is 5.69 Å². The zero-order chi connectivity index (χ0) is 10.8. The normalized spacial score (nSPS) is 11.7. The Bertz CT molecular complexity index is 371. The van der Waals surface area contributed by atoms with Crippen molar-refractivity contribution < 1.29 is 13.2 Å². The Morgan fingerprint density at radius 3 is 2.57 bits per heavy atom. The molecule has 78 valence electrons. The lowest BCUT2D eigenvalue weighted by molar-refractivity contribution is -0.142. The van der Waals surface area contributed by atoms with E-state index in [-0.39, 0.29) is 13.1 Å². The predicted octanol–water partition coefficient (Wildman–Crippen LogP) is 0.221. The van der Waals surface area contributed by atoms with Gasteiger partial charge in [-0.1, -0.05) is 0 Å². The first-order valence-corrected chi connectivity index (χ1v) is 3.80. The Morgan fingerprint density at radius 2 is 2.07 bits per heavy atom. The van der Waals surface area contributed by atoms with Crippen LogP contribution in [0.4, 0.5) is 13.2 Å². The molecule has 0 aliphatic rings. The summed E-state index contributed by atoms with van der Waals surface area (Å²) in [5, 5.41) is 3.13. The summed E-state index contributed by atoms with van der Waals surface area (Å²) in [6.45, 7) is 0.0387. The molecule has 4 nitrogen and oxygen atoms in total. The highest BCUT2D eigenvalue weighted by molar-refractivity contribution is 5.04. The van der Waals surface area contributed by atoms with E-state index in [4.69, 9.17) is 5.73 Å². The van der Waals surface area contributed by atoms with Gasteiger partial charge in [-0.15, -0.1) is 0 Å². The van der Waals surface area contributed by atoms with E-state index in [0.29, 0.717) is 10.7 Å². The molecule has 7 heteroatoms. The lowest BCUT2D eigenvalue weighted by Crippen LogP contribution is -2.28. The van der Waals surface area contributed by atoms with Crippen molar-refractivity contribution in [2.24, 2.45) is 5.73 Å². The average molecular weight is 207 g/mol. The first kappa shape index (κ1) is 10.7. The number of rotatable bonds is 2. The van der Waals surface area contributed by atoms with E-state index in [9.17, 15) is 18.0 Å². The molecule has 0 radical (unpaired) electrons. The van der Waals surface area contributed by atoms with Crippen LogP contribution in [-0.2, 0) is 12.7 Å². The summed E-state index contributed by atoms with van der Waals surface area (Å²) < 4.78 is 37.1. The maximum absolute atomic E-state index is 12.1. The number of nitrogens with two attached hydrogens (primary N) is 1. The van der Waals surface area contributed by atoms with Crippen LogP contribution in [0, 0.1) is 0 Å². The fourth-order valence-electron chi connectivity index (χ4n) is 0.883. The van der Waals surface area contributed by atoms with Crippen LogP contribution >= 0.6 is 0 Å². The van der Waals surface area contributed by atoms with Gasteiger partial charge in [0.25, 0.3) is 5.56 Å². The lowest BCUT2D eigenvalue weighted by atomic mass is 10.4. The molecule has 0 saturated heterocycles. The molecule has 0 aliphatic heterocycles. The van der Waals surface area contributed by atoms with Crippen LogP contribution in [0.5, 0.6) is 0 Å². The third-order valence-corrected chi connectivity index (χ3v) is 1.50. The highest BCUT2D eigenvalue weighted by Gasteiger charge is 2.33. The molecule has 0 bridgehead atoms. The molecule has 14 heavy (non-hydrogen) atoms. The minimum absolute atomic E-state index is 0.0250. The van der Waals surface area contributed by atoms with E-state index < -0.39 is 17.4 Å². The van der Waals surface area contributed by atoms with Crippen molar-refractivity contribution in [3.8, 4) is 0 Å². The summed E-state index contributed by atoms with van der Waals surface area (Å²) in [6, 6.07) is 1.47. The van der Waals surface area contributed by atoms with Crippen LogP contribution < -0.4 is 11.3 Å². The van der Waals surface area contributed by atoms with Gasteiger partial charge in [-0.3, -0.25) is 4.79 Å². The molecule has 0 amide bonds. The Morgan fingerprint density at radius 1 is 1.43 bits per heavy atom. The third kappa shape index (κ3) is 2.32. The fraction of sp³-hybridized carbons (Fsp3) is 0.429. The van der Waals surface area contributed by atoms with Crippen LogP contribution in [0.15, 0.2) is 16.9 Å². The second-order valence-electron chi connectivity index (χ2n) is 2.57. The molecule has 0 unspecified atom stereocenters. The molecule has 0 aliphatic carbocycles. The molecular weight excluding hydrogens is 199 g/mol. The van der Waals surface area contributed by atoms with Crippen LogP contribution in [0.25, 0.3) is 0 Å². The topological polar surface area (TPSA) is 60.9 Å². The SMILES string of the molecule is NCCn1nc(C(F)(F)F)ccc1=O. The first-order valence-electron chi connectivity index (χ1n) is 3.80. The first-order chi connectivity index (χ1) is 6.45. The molecule has 1 aromatic heterocycles. The van der Waals surface area contributed by atoms with E-state index in [0.717, 1.165) is 6.07 Å². The molecule has 0 saturated carbocycles. The van der Waals surface area contributed by atoms with Crippen molar-refractivity contribution in [3.05, 3.63) is 28.2 Å². The van der Waals surface area contributed by atoms with E-state index in [1.807, 2.05) is 0 Å². The van der Waals surface area contributed by atoms with Crippen molar-refractivity contribution >= 4 is 0 Å². The van der Waals surface area contributed by atoms with E-state index in [2.05, 4.69) is 5.10 Å². The number of alkyl halides is 3. The third-order valence-electron chi connectivity index (χ3n) is 1.50. The van der Waals surface area contributed by atoms with Crippen molar-refractivity contribution in [1.82, 2.24) is 9.78 Å². The summed E-state index contributed by atoms with van der Waals surface area (Å²) in [5.41, 5.74) is 3.42. The minimum atomic E-state index is -4.54. The molecule has 0 fully saturated rings. The second-order valence-corrected chi connectivity index (χ2v) is 2.57. The standard InChI is InChI=1S/C7H8F3N3O/c8-7(9,10)5-1-2-6(14)13(12-5)4-3-11/h1-2H,3-4,11H2. The maximum Gasteiger partial charge on any atom is 0.435 e. The van der Waals surface area contributed by atoms with Gasteiger partial charge in [-0.2, -0.15) is 18.3 Å². The molecule has 0 aromatic carbocycles. The monoisotopic (exact) mass is 207 g/mol. The van der Waals surface area contributed by atoms with Gasteiger partial charge in [0.2, 0.25) is 0 Å². The average Bonchev–Trinajstić information content (AvgIpc) is 2.07. The number of hydrogen-bond acceptors (Lipinski definition) is 3. The highest BCUT2D eigenvalue weighted by atomic mass is 19.4. The zero-order valence-electron chi connectivity index (χ0n) is 7.08. The van der Waals surface area contributed by atoms with Crippen molar-refractivity contribution in [2.45, 2.75) is 12.7 Å². The summed E-state index contributed by atoms with van der Waals surface area (Å²) in [6.07, 6.45) is -4.54. The lowest BCUT2D eigenvalue weighted by Gasteiger charge is -2.07. The summed E-state index contributed by atoms with van der Waals surface area (Å²) >= 11 is 0. The maximum atomic E-state index is 12.1. The van der Waals surface area contributed by atoms with Gasteiger partial charge in [-0.05, 0) is 6.07 Å². The van der Waals surface area contributed by atoms with E-state index >= 15 is 0 Å². The molecule has 1 heterocycles. The molecule has 1 rings (SSSR count). The summed E-state index contributed by atoms with van der Waals surface area (Å²) in [5.74, 6) is 0. The largest absolute Gasteiger partial charge is 0.435 e. The van der Waals surface area contributed by atoms with Crippen LogP contribution in [0.2, 0.25) is 0 Å². The number of halogens is 3. The molecular formula is C7H8F3N3O. The van der Waals surface area contributed by atoms with Gasteiger partial charge in [0.1, 0.15) is 0 Å². The van der Waals surface area contributed by atoms with Gasteiger partial charge in [-0.25, -0.2) is 4.68 Å². The van der Waals surface area contributed by atoms with Crippen LogP contribution in [0.3, 0.4) is 0 Å². The summed E-state index contributed by atoms with van der Waals surface area (Å²) in [7, 11) is 0. The van der Waals surface area contributed by atoms with Crippen molar-refractivity contribution in [1.29, 1.82) is 0 Å².